The number of carbonyl (C=O) groups is 1. The SMILES string of the molecule is CCCCC[C@H]1OC[C@@](C)(C(=O)c2ccccc2)O1. The molecule has 2 atom stereocenters. The van der Waals surface area contributed by atoms with Crippen molar-refractivity contribution < 1.29 is 14.3 Å². The third kappa shape index (κ3) is 3.43. The van der Waals surface area contributed by atoms with Gasteiger partial charge in [-0.15, -0.1) is 0 Å². The average molecular weight is 262 g/mol. The summed E-state index contributed by atoms with van der Waals surface area (Å²) in [5.74, 6) is 0.00564. The van der Waals surface area contributed by atoms with Crippen molar-refractivity contribution in [2.75, 3.05) is 6.61 Å². The van der Waals surface area contributed by atoms with E-state index < -0.39 is 5.60 Å². The van der Waals surface area contributed by atoms with Crippen LogP contribution in [0.15, 0.2) is 30.3 Å². The van der Waals surface area contributed by atoms with Crippen LogP contribution in [0.4, 0.5) is 0 Å². The third-order valence-electron chi connectivity index (χ3n) is 3.50. The second kappa shape index (κ2) is 6.31. The zero-order chi connectivity index (χ0) is 13.7. The van der Waals surface area contributed by atoms with E-state index in [0.717, 1.165) is 12.8 Å². The standard InChI is InChI=1S/C16H22O3/c1-3-4-6-11-14-18-12-16(2,19-14)15(17)13-9-7-5-8-10-13/h5,7-10,14H,3-4,6,11-12H2,1-2H3/t14-,16-/m0/s1. The Bertz CT molecular complexity index is 415. The molecule has 1 aliphatic heterocycles. The highest BCUT2D eigenvalue weighted by Gasteiger charge is 2.43. The smallest absolute Gasteiger partial charge is 0.196 e. The predicted molar refractivity (Wildman–Crippen MR) is 74.1 cm³/mol. The molecule has 0 N–H and O–H groups in total. The third-order valence-corrected chi connectivity index (χ3v) is 3.50. The zero-order valence-corrected chi connectivity index (χ0v) is 11.7. The topological polar surface area (TPSA) is 35.5 Å². The molecule has 2 rings (SSSR count). The summed E-state index contributed by atoms with van der Waals surface area (Å²) in [6.07, 6.45) is 4.06. The first-order chi connectivity index (χ1) is 9.15. The summed E-state index contributed by atoms with van der Waals surface area (Å²) in [5.41, 5.74) is -0.152. The summed E-state index contributed by atoms with van der Waals surface area (Å²) in [7, 11) is 0. The fraction of sp³-hybridized carbons (Fsp3) is 0.562. The van der Waals surface area contributed by atoms with Gasteiger partial charge in [-0.25, -0.2) is 0 Å². The highest BCUT2D eigenvalue weighted by Crippen LogP contribution is 2.29. The van der Waals surface area contributed by atoms with Crippen LogP contribution in [0, 0.1) is 0 Å². The minimum Gasteiger partial charge on any atom is -0.349 e. The van der Waals surface area contributed by atoms with E-state index >= 15 is 0 Å². The van der Waals surface area contributed by atoms with Gasteiger partial charge in [-0.2, -0.15) is 0 Å². The van der Waals surface area contributed by atoms with Crippen LogP contribution < -0.4 is 0 Å². The molecule has 1 aliphatic rings. The number of Topliss-reactive ketones (excluding diaryl/α,β-unsaturated/α-hetero) is 1. The normalized spacial score (nSPS) is 26.5. The Morgan fingerprint density at radius 1 is 1.32 bits per heavy atom. The Labute approximate surface area is 114 Å². The molecule has 3 heteroatoms. The lowest BCUT2D eigenvalue weighted by Gasteiger charge is -2.20. The van der Waals surface area contributed by atoms with Gasteiger partial charge in [0.2, 0.25) is 0 Å². The summed E-state index contributed by atoms with van der Waals surface area (Å²) in [5, 5.41) is 0. The predicted octanol–water partition coefficient (Wildman–Crippen LogP) is 3.58. The van der Waals surface area contributed by atoms with Gasteiger partial charge < -0.3 is 9.47 Å². The molecule has 1 saturated heterocycles. The first-order valence-electron chi connectivity index (χ1n) is 7.05. The summed E-state index contributed by atoms with van der Waals surface area (Å²) in [6.45, 7) is 4.33. The van der Waals surface area contributed by atoms with Gasteiger partial charge in [-0.1, -0.05) is 50.1 Å². The van der Waals surface area contributed by atoms with E-state index in [0.29, 0.717) is 12.2 Å². The number of carbonyl (C=O) groups excluding carboxylic acids is 1. The van der Waals surface area contributed by atoms with E-state index in [2.05, 4.69) is 6.92 Å². The number of ether oxygens (including phenoxy) is 2. The van der Waals surface area contributed by atoms with E-state index in [1.54, 1.807) is 0 Å². The molecular weight excluding hydrogens is 240 g/mol. The first-order valence-corrected chi connectivity index (χ1v) is 7.05. The average Bonchev–Trinajstić information content (AvgIpc) is 2.82. The Hall–Kier alpha value is -1.19. The molecule has 1 aromatic carbocycles. The molecule has 0 aromatic heterocycles. The molecule has 19 heavy (non-hydrogen) atoms. The summed E-state index contributed by atoms with van der Waals surface area (Å²) >= 11 is 0. The van der Waals surface area contributed by atoms with Gasteiger partial charge in [0, 0.05) is 5.56 Å². The first kappa shape index (κ1) is 14.2. The van der Waals surface area contributed by atoms with Crippen LogP contribution in [0.2, 0.25) is 0 Å². The fourth-order valence-corrected chi connectivity index (χ4v) is 2.33. The van der Waals surface area contributed by atoms with Crippen LogP contribution in [-0.4, -0.2) is 24.3 Å². The Morgan fingerprint density at radius 2 is 2.05 bits per heavy atom. The van der Waals surface area contributed by atoms with E-state index in [9.17, 15) is 4.79 Å². The number of rotatable bonds is 6. The van der Waals surface area contributed by atoms with Crippen LogP contribution in [0.1, 0.15) is 49.9 Å². The van der Waals surface area contributed by atoms with E-state index in [4.69, 9.17) is 9.47 Å². The monoisotopic (exact) mass is 262 g/mol. The zero-order valence-electron chi connectivity index (χ0n) is 11.7. The Morgan fingerprint density at radius 3 is 2.74 bits per heavy atom. The number of benzene rings is 1. The van der Waals surface area contributed by atoms with Gasteiger partial charge >= 0.3 is 0 Å². The lowest BCUT2D eigenvalue weighted by molar-refractivity contribution is -0.0783. The van der Waals surface area contributed by atoms with Crippen LogP contribution in [0.25, 0.3) is 0 Å². The highest BCUT2D eigenvalue weighted by molar-refractivity contribution is 6.02. The molecule has 0 spiro atoms. The van der Waals surface area contributed by atoms with Gasteiger partial charge in [-0.3, -0.25) is 4.79 Å². The maximum atomic E-state index is 12.4. The molecule has 0 bridgehead atoms. The molecule has 1 heterocycles. The maximum Gasteiger partial charge on any atom is 0.196 e. The van der Waals surface area contributed by atoms with Gasteiger partial charge in [0.05, 0.1) is 6.61 Å². The van der Waals surface area contributed by atoms with Crippen molar-refractivity contribution >= 4 is 5.78 Å². The Kier molecular flexibility index (Phi) is 4.72. The number of hydrogen-bond donors (Lipinski definition) is 0. The van der Waals surface area contributed by atoms with Gasteiger partial charge in [0.25, 0.3) is 0 Å². The van der Waals surface area contributed by atoms with E-state index in [1.807, 2.05) is 37.3 Å². The molecule has 1 aromatic rings. The summed E-state index contributed by atoms with van der Waals surface area (Å²) in [4.78, 5) is 12.4. The Balaban J connectivity index is 1.95. The largest absolute Gasteiger partial charge is 0.349 e. The summed E-state index contributed by atoms with van der Waals surface area (Å²) in [6, 6.07) is 9.28. The van der Waals surface area contributed by atoms with Crippen molar-refractivity contribution in [2.24, 2.45) is 0 Å². The second-order valence-corrected chi connectivity index (χ2v) is 5.28. The molecule has 0 saturated carbocycles. The van der Waals surface area contributed by atoms with Crippen molar-refractivity contribution in [1.29, 1.82) is 0 Å². The molecule has 1 fully saturated rings. The van der Waals surface area contributed by atoms with Crippen molar-refractivity contribution in [2.45, 2.75) is 51.4 Å². The van der Waals surface area contributed by atoms with Crippen LogP contribution in [0.5, 0.6) is 0 Å². The minimum atomic E-state index is -0.835. The van der Waals surface area contributed by atoms with Crippen LogP contribution in [-0.2, 0) is 9.47 Å². The minimum absolute atomic E-state index is 0.00564. The number of ketones is 1. The van der Waals surface area contributed by atoms with Crippen molar-refractivity contribution in [3.05, 3.63) is 35.9 Å². The molecular formula is C16H22O3. The highest BCUT2D eigenvalue weighted by atomic mass is 16.7. The quantitative estimate of drug-likeness (QED) is 0.580. The van der Waals surface area contributed by atoms with E-state index in [1.165, 1.54) is 12.8 Å². The van der Waals surface area contributed by atoms with Crippen LogP contribution >= 0.6 is 0 Å². The molecule has 3 nitrogen and oxygen atoms in total. The molecule has 104 valence electrons. The molecule has 0 amide bonds. The van der Waals surface area contributed by atoms with E-state index in [-0.39, 0.29) is 12.1 Å². The lowest BCUT2D eigenvalue weighted by atomic mass is 9.96. The van der Waals surface area contributed by atoms with Crippen molar-refractivity contribution in [3.63, 3.8) is 0 Å². The lowest BCUT2D eigenvalue weighted by Crippen LogP contribution is -2.38. The fourth-order valence-electron chi connectivity index (χ4n) is 2.33. The van der Waals surface area contributed by atoms with Crippen molar-refractivity contribution in [1.82, 2.24) is 0 Å². The number of hydrogen-bond acceptors (Lipinski definition) is 3. The number of unbranched alkanes of at least 4 members (excludes halogenated alkanes) is 2. The molecule has 0 radical (unpaired) electrons. The van der Waals surface area contributed by atoms with Gasteiger partial charge in [-0.05, 0) is 19.8 Å². The maximum absolute atomic E-state index is 12.4. The van der Waals surface area contributed by atoms with Gasteiger partial charge in [0.15, 0.2) is 17.7 Å². The summed E-state index contributed by atoms with van der Waals surface area (Å²) < 4.78 is 11.5. The molecule has 0 aliphatic carbocycles. The molecule has 0 unspecified atom stereocenters. The van der Waals surface area contributed by atoms with Crippen LogP contribution in [0.3, 0.4) is 0 Å². The van der Waals surface area contributed by atoms with Gasteiger partial charge in [0.1, 0.15) is 0 Å². The van der Waals surface area contributed by atoms with Crippen molar-refractivity contribution in [3.8, 4) is 0 Å². The second-order valence-electron chi connectivity index (χ2n) is 5.28.